The number of hydrogen-bond donors (Lipinski definition) is 1. The van der Waals surface area contributed by atoms with Crippen LogP contribution in [-0.2, 0) is 4.79 Å². The molecule has 0 bridgehead atoms. The average molecular weight is 317 g/mol. The van der Waals surface area contributed by atoms with Crippen LogP contribution in [0.25, 0.3) is 0 Å². The van der Waals surface area contributed by atoms with E-state index in [4.69, 9.17) is 9.47 Å². The molecule has 0 aliphatic heterocycles. The third kappa shape index (κ3) is 4.43. The lowest BCUT2D eigenvalue weighted by Crippen LogP contribution is -2.30. The highest BCUT2D eigenvalue weighted by Gasteiger charge is 2.14. The lowest BCUT2D eigenvalue weighted by atomic mass is 10.2. The summed E-state index contributed by atoms with van der Waals surface area (Å²) in [5.41, 5.74) is 0.707. The molecule has 0 fully saturated rings. The predicted octanol–water partition coefficient (Wildman–Crippen LogP) is 3.82. The Kier molecular flexibility index (Phi) is 5.72. The smallest absolute Gasteiger partial charge is 0.265 e. The maximum Gasteiger partial charge on any atom is 0.265 e. The second kappa shape index (κ2) is 7.75. The Bertz CT molecular complexity index is 611. The van der Waals surface area contributed by atoms with Crippen molar-refractivity contribution in [3.63, 3.8) is 0 Å². The fraction of sp³-hybridized carbons (Fsp3) is 0.235. The highest BCUT2D eigenvalue weighted by Crippen LogP contribution is 2.20. The van der Waals surface area contributed by atoms with Crippen molar-refractivity contribution in [3.8, 4) is 11.5 Å². The van der Waals surface area contributed by atoms with Crippen LogP contribution in [0.4, 0.5) is 5.69 Å². The van der Waals surface area contributed by atoms with E-state index >= 15 is 0 Å². The number of hydrogen-bond acceptors (Lipinski definition) is 4. The van der Waals surface area contributed by atoms with Gasteiger partial charge < -0.3 is 14.8 Å². The van der Waals surface area contributed by atoms with Crippen LogP contribution in [0.1, 0.15) is 6.92 Å². The Morgan fingerprint density at radius 3 is 2.18 bits per heavy atom. The molecule has 1 N–H and O–H groups in total. The highest BCUT2D eigenvalue weighted by atomic mass is 32.2. The molecule has 0 spiro atoms. The van der Waals surface area contributed by atoms with E-state index in [-0.39, 0.29) is 5.91 Å². The van der Waals surface area contributed by atoms with Gasteiger partial charge in [0.1, 0.15) is 11.5 Å². The summed E-state index contributed by atoms with van der Waals surface area (Å²) in [6.45, 7) is 1.72. The topological polar surface area (TPSA) is 47.6 Å². The largest absolute Gasteiger partial charge is 0.497 e. The molecule has 1 amide bonds. The third-order valence-corrected chi connectivity index (χ3v) is 3.84. The Morgan fingerprint density at radius 1 is 1.05 bits per heavy atom. The molecule has 0 heterocycles. The summed E-state index contributed by atoms with van der Waals surface area (Å²) >= 11 is 1.66. The first-order chi connectivity index (χ1) is 10.6. The monoisotopic (exact) mass is 317 g/mol. The lowest BCUT2D eigenvalue weighted by Gasteiger charge is -2.15. The molecule has 0 unspecified atom stereocenters. The van der Waals surface area contributed by atoms with Crippen LogP contribution in [0, 0.1) is 0 Å². The van der Waals surface area contributed by atoms with E-state index in [9.17, 15) is 4.79 Å². The molecule has 22 heavy (non-hydrogen) atoms. The van der Waals surface area contributed by atoms with Crippen molar-refractivity contribution < 1.29 is 14.3 Å². The third-order valence-electron chi connectivity index (χ3n) is 3.10. The molecule has 0 aliphatic carbocycles. The number of carbonyl (C=O) groups is 1. The zero-order valence-corrected chi connectivity index (χ0v) is 13.6. The van der Waals surface area contributed by atoms with E-state index < -0.39 is 6.10 Å². The molecule has 0 saturated heterocycles. The van der Waals surface area contributed by atoms with E-state index in [0.29, 0.717) is 11.4 Å². The minimum Gasteiger partial charge on any atom is -0.497 e. The van der Waals surface area contributed by atoms with Gasteiger partial charge >= 0.3 is 0 Å². The lowest BCUT2D eigenvalue weighted by molar-refractivity contribution is -0.122. The fourth-order valence-electron chi connectivity index (χ4n) is 1.83. The molecular weight excluding hydrogens is 298 g/mol. The van der Waals surface area contributed by atoms with Gasteiger partial charge in [0.25, 0.3) is 5.91 Å². The summed E-state index contributed by atoms with van der Waals surface area (Å²) in [4.78, 5) is 13.3. The molecule has 2 rings (SSSR count). The molecule has 0 aromatic heterocycles. The van der Waals surface area contributed by atoms with Gasteiger partial charge in [-0.15, -0.1) is 11.8 Å². The normalized spacial score (nSPS) is 11.6. The van der Waals surface area contributed by atoms with Crippen molar-refractivity contribution in [1.29, 1.82) is 0 Å². The molecule has 116 valence electrons. The highest BCUT2D eigenvalue weighted by molar-refractivity contribution is 7.98. The van der Waals surface area contributed by atoms with Gasteiger partial charge in [-0.1, -0.05) is 0 Å². The van der Waals surface area contributed by atoms with Gasteiger partial charge in [0.15, 0.2) is 6.10 Å². The van der Waals surface area contributed by atoms with Crippen molar-refractivity contribution in [2.45, 2.75) is 17.9 Å². The number of thioether (sulfide) groups is 1. The van der Waals surface area contributed by atoms with Crippen LogP contribution in [-0.4, -0.2) is 25.4 Å². The number of benzene rings is 2. The zero-order chi connectivity index (χ0) is 15.9. The Balaban J connectivity index is 1.92. The van der Waals surface area contributed by atoms with Crippen molar-refractivity contribution in [2.24, 2.45) is 0 Å². The van der Waals surface area contributed by atoms with Crippen LogP contribution in [0.2, 0.25) is 0 Å². The first kappa shape index (κ1) is 16.2. The van der Waals surface area contributed by atoms with Crippen molar-refractivity contribution in [3.05, 3.63) is 48.5 Å². The number of anilines is 1. The Morgan fingerprint density at radius 2 is 1.64 bits per heavy atom. The van der Waals surface area contributed by atoms with Crippen LogP contribution in [0.5, 0.6) is 11.5 Å². The summed E-state index contributed by atoms with van der Waals surface area (Å²) in [7, 11) is 1.60. The van der Waals surface area contributed by atoms with Gasteiger partial charge in [-0.25, -0.2) is 0 Å². The Labute approximate surface area is 134 Å². The summed E-state index contributed by atoms with van der Waals surface area (Å²) < 4.78 is 10.7. The minimum absolute atomic E-state index is 0.195. The number of ether oxygens (including phenoxy) is 2. The maximum atomic E-state index is 12.1. The number of carbonyl (C=O) groups excluding carboxylic acids is 1. The molecular formula is C17H19NO3S. The molecule has 2 aromatic rings. The van der Waals surface area contributed by atoms with E-state index in [0.717, 1.165) is 10.6 Å². The minimum atomic E-state index is -0.581. The van der Waals surface area contributed by atoms with Crippen LogP contribution >= 0.6 is 11.8 Å². The van der Waals surface area contributed by atoms with Gasteiger partial charge in [0.05, 0.1) is 7.11 Å². The molecule has 0 radical (unpaired) electrons. The molecule has 5 heteroatoms. The van der Waals surface area contributed by atoms with Gasteiger partial charge in [0.2, 0.25) is 0 Å². The first-order valence-corrected chi connectivity index (χ1v) is 8.10. The number of rotatable bonds is 6. The molecule has 0 aliphatic rings. The number of amides is 1. The van der Waals surface area contributed by atoms with Gasteiger partial charge in [-0.3, -0.25) is 4.79 Å². The molecule has 0 saturated carbocycles. The SMILES string of the molecule is COc1ccc(NC(=O)[C@@H](C)Oc2ccc(SC)cc2)cc1. The van der Waals surface area contributed by atoms with Crippen molar-refractivity contribution in [2.75, 3.05) is 18.7 Å². The second-order valence-corrected chi connectivity index (χ2v) is 5.53. The number of methoxy groups -OCH3 is 1. The second-order valence-electron chi connectivity index (χ2n) is 4.65. The van der Waals surface area contributed by atoms with Crippen LogP contribution < -0.4 is 14.8 Å². The fourth-order valence-corrected chi connectivity index (χ4v) is 2.24. The molecule has 4 nitrogen and oxygen atoms in total. The van der Waals surface area contributed by atoms with Gasteiger partial charge in [0, 0.05) is 10.6 Å². The van der Waals surface area contributed by atoms with E-state index in [2.05, 4.69) is 5.32 Å². The summed E-state index contributed by atoms with van der Waals surface area (Å²) in [5, 5.41) is 2.81. The van der Waals surface area contributed by atoms with Gasteiger partial charge in [-0.2, -0.15) is 0 Å². The molecule has 1 atom stereocenters. The van der Waals surface area contributed by atoms with E-state index in [1.54, 1.807) is 50.1 Å². The maximum absolute atomic E-state index is 12.1. The van der Waals surface area contributed by atoms with E-state index in [1.807, 2.05) is 30.5 Å². The summed E-state index contributed by atoms with van der Waals surface area (Å²) in [5.74, 6) is 1.23. The standard InChI is InChI=1S/C17H19NO3S/c1-12(21-15-8-10-16(22-3)11-9-15)17(19)18-13-4-6-14(20-2)7-5-13/h4-12H,1-3H3,(H,18,19)/t12-/m1/s1. The quantitative estimate of drug-likeness (QED) is 0.823. The first-order valence-electron chi connectivity index (χ1n) is 6.88. The van der Waals surface area contributed by atoms with Crippen molar-refractivity contribution in [1.82, 2.24) is 0 Å². The van der Waals surface area contributed by atoms with E-state index in [1.165, 1.54) is 0 Å². The zero-order valence-electron chi connectivity index (χ0n) is 12.8. The predicted molar refractivity (Wildman–Crippen MR) is 89.9 cm³/mol. The Hall–Kier alpha value is -2.14. The van der Waals surface area contributed by atoms with Crippen LogP contribution in [0.15, 0.2) is 53.4 Å². The van der Waals surface area contributed by atoms with Gasteiger partial charge in [-0.05, 0) is 61.7 Å². The number of nitrogens with one attached hydrogen (secondary N) is 1. The average Bonchev–Trinajstić information content (AvgIpc) is 2.56. The molecule has 2 aromatic carbocycles. The van der Waals surface area contributed by atoms with Crippen LogP contribution in [0.3, 0.4) is 0 Å². The summed E-state index contributed by atoms with van der Waals surface area (Å²) in [6, 6.07) is 14.8. The summed E-state index contributed by atoms with van der Waals surface area (Å²) in [6.07, 6.45) is 1.43. The van der Waals surface area contributed by atoms with Crippen molar-refractivity contribution >= 4 is 23.4 Å².